The van der Waals surface area contributed by atoms with Gasteiger partial charge in [0, 0.05) is 12.0 Å². The number of nitrogens with zero attached hydrogens (tertiary/aromatic N) is 3. The number of hydrogen-bond acceptors (Lipinski definition) is 6. The zero-order valence-electron chi connectivity index (χ0n) is 19.3. The van der Waals surface area contributed by atoms with Gasteiger partial charge in [0.1, 0.15) is 5.75 Å². The lowest BCUT2D eigenvalue weighted by atomic mass is 9.76. The van der Waals surface area contributed by atoms with Crippen LogP contribution in [-0.2, 0) is 40.3 Å². The van der Waals surface area contributed by atoms with Gasteiger partial charge in [0.05, 0.1) is 56.0 Å². The van der Waals surface area contributed by atoms with Crippen LogP contribution in [0.4, 0.5) is 4.79 Å². The van der Waals surface area contributed by atoms with E-state index in [4.69, 9.17) is 23.9 Å². The minimum absolute atomic E-state index is 0.236. The fourth-order valence-corrected chi connectivity index (χ4v) is 3.88. The number of hydrogen-bond donors (Lipinski definition) is 1. The lowest BCUT2D eigenvalue weighted by Gasteiger charge is -2.32. The number of benzene rings is 1. The van der Waals surface area contributed by atoms with E-state index in [9.17, 15) is 9.90 Å². The lowest BCUT2D eigenvalue weighted by molar-refractivity contribution is 0.00578. The standard InChI is InChI=1S/C22H30BN3O6/c1-21(2)22(3,4)32-23(31-21)19-17(14-30-13-15-6-8-16(29-5)9-7-15)24-26-11-10-25(20(27)28)12-18(19)26/h6-9H,10-14H2,1-5H3,(H,27,28). The van der Waals surface area contributed by atoms with Crippen LogP contribution in [0.5, 0.6) is 5.75 Å². The molecule has 1 aromatic carbocycles. The summed E-state index contributed by atoms with van der Waals surface area (Å²) in [5, 5.41) is 14.2. The summed E-state index contributed by atoms with van der Waals surface area (Å²) >= 11 is 0. The predicted octanol–water partition coefficient (Wildman–Crippen LogP) is 2.40. The zero-order chi connectivity index (χ0) is 23.1. The Hall–Kier alpha value is -2.56. The van der Waals surface area contributed by atoms with Crippen molar-refractivity contribution in [3.8, 4) is 5.75 Å². The van der Waals surface area contributed by atoms with E-state index < -0.39 is 24.4 Å². The Morgan fingerprint density at radius 1 is 1.12 bits per heavy atom. The molecule has 9 nitrogen and oxygen atoms in total. The molecule has 0 radical (unpaired) electrons. The van der Waals surface area contributed by atoms with E-state index in [1.807, 2.05) is 56.6 Å². The van der Waals surface area contributed by atoms with Crippen molar-refractivity contribution in [1.82, 2.24) is 14.7 Å². The van der Waals surface area contributed by atoms with Crippen molar-refractivity contribution < 1.29 is 28.7 Å². The van der Waals surface area contributed by atoms with Crippen LogP contribution in [0.25, 0.3) is 0 Å². The van der Waals surface area contributed by atoms with Crippen LogP contribution < -0.4 is 10.2 Å². The summed E-state index contributed by atoms with van der Waals surface area (Å²) in [6.45, 7) is 9.75. The van der Waals surface area contributed by atoms with Crippen molar-refractivity contribution in [3.05, 3.63) is 41.2 Å². The van der Waals surface area contributed by atoms with Crippen LogP contribution >= 0.6 is 0 Å². The molecule has 1 fully saturated rings. The molecule has 10 heteroatoms. The highest BCUT2D eigenvalue weighted by Crippen LogP contribution is 2.37. The SMILES string of the molecule is COc1ccc(COCc2nn3c(c2B2OC(C)(C)C(C)(C)O2)CN(C(=O)O)CC3)cc1. The second-order valence-corrected chi connectivity index (χ2v) is 9.16. The average Bonchev–Trinajstić information content (AvgIpc) is 3.20. The molecule has 2 aliphatic rings. The molecule has 172 valence electrons. The van der Waals surface area contributed by atoms with Gasteiger partial charge in [0.25, 0.3) is 0 Å². The molecule has 1 N–H and O–H groups in total. The van der Waals surface area contributed by atoms with E-state index in [1.165, 1.54) is 4.90 Å². The first kappa shape index (κ1) is 22.6. The molecule has 0 atom stereocenters. The third-order valence-electron chi connectivity index (χ3n) is 6.52. The molecule has 0 saturated carbocycles. The average molecular weight is 443 g/mol. The van der Waals surface area contributed by atoms with Crippen molar-refractivity contribution in [2.24, 2.45) is 0 Å². The molecule has 0 spiro atoms. The zero-order valence-corrected chi connectivity index (χ0v) is 19.3. The molecule has 32 heavy (non-hydrogen) atoms. The van der Waals surface area contributed by atoms with E-state index in [2.05, 4.69) is 0 Å². The van der Waals surface area contributed by atoms with Crippen LogP contribution in [0, 0.1) is 0 Å². The van der Waals surface area contributed by atoms with Crippen molar-refractivity contribution in [2.75, 3.05) is 13.7 Å². The Balaban J connectivity index is 1.58. The van der Waals surface area contributed by atoms with Gasteiger partial charge < -0.3 is 28.8 Å². The van der Waals surface area contributed by atoms with Gasteiger partial charge in [-0.1, -0.05) is 12.1 Å². The molecule has 3 heterocycles. The van der Waals surface area contributed by atoms with Crippen LogP contribution in [0.15, 0.2) is 24.3 Å². The third-order valence-corrected chi connectivity index (χ3v) is 6.52. The summed E-state index contributed by atoms with van der Waals surface area (Å²) in [6, 6.07) is 7.70. The molecule has 0 unspecified atom stereocenters. The van der Waals surface area contributed by atoms with Gasteiger partial charge in [-0.05, 0) is 45.4 Å². The summed E-state index contributed by atoms with van der Waals surface area (Å²) in [6.07, 6.45) is -0.949. The van der Waals surface area contributed by atoms with Gasteiger partial charge in [0.2, 0.25) is 0 Å². The summed E-state index contributed by atoms with van der Waals surface area (Å²) in [4.78, 5) is 13.0. The molecule has 2 aliphatic heterocycles. The van der Waals surface area contributed by atoms with Gasteiger partial charge in [0.15, 0.2) is 0 Å². The van der Waals surface area contributed by atoms with Gasteiger partial charge in [-0.3, -0.25) is 4.68 Å². The van der Waals surface area contributed by atoms with Crippen LogP contribution in [-0.4, -0.2) is 57.9 Å². The maximum Gasteiger partial charge on any atom is 0.498 e. The number of amides is 1. The summed E-state index contributed by atoms with van der Waals surface area (Å²) in [5.41, 5.74) is 2.25. The molecular weight excluding hydrogens is 413 g/mol. The molecule has 1 amide bonds. The summed E-state index contributed by atoms with van der Waals surface area (Å²) in [5.74, 6) is 0.793. The van der Waals surface area contributed by atoms with Gasteiger partial charge in [-0.15, -0.1) is 0 Å². The minimum Gasteiger partial charge on any atom is -0.497 e. The molecule has 2 aromatic rings. The number of aromatic nitrogens is 2. The Morgan fingerprint density at radius 2 is 1.78 bits per heavy atom. The quantitative estimate of drug-likeness (QED) is 0.685. The number of carbonyl (C=O) groups is 1. The Kier molecular flexibility index (Phi) is 5.95. The normalized spacial score (nSPS) is 19.2. The molecule has 0 aliphatic carbocycles. The fourth-order valence-electron chi connectivity index (χ4n) is 3.88. The fraction of sp³-hybridized carbons (Fsp3) is 0.545. The number of ether oxygens (including phenoxy) is 2. The van der Waals surface area contributed by atoms with E-state index in [-0.39, 0.29) is 13.2 Å². The first-order valence-electron chi connectivity index (χ1n) is 10.7. The van der Waals surface area contributed by atoms with Gasteiger partial charge >= 0.3 is 13.2 Å². The van der Waals surface area contributed by atoms with E-state index in [0.717, 1.165) is 22.5 Å². The molecule has 0 bridgehead atoms. The van der Waals surface area contributed by atoms with Gasteiger partial charge in [-0.25, -0.2) is 4.79 Å². The smallest absolute Gasteiger partial charge is 0.497 e. The number of rotatable bonds is 6. The largest absolute Gasteiger partial charge is 0.498 e. The van der Waals surface area contributed by atoms with Crippen molar-refractivity contribution in [3.63, 3.8) is 0 Å². The molecule has 4 rings (SSSR count). The number of carboxylic acid groups (broad SMARTS) is 1. The van der Waals surface area contributed by atoms with E-state index in [1.54, 1.807) is 7.11 Å². The molecular formula is C22H30BN3O6. The molecule has 1 saturated heterocycles. The predicted molar refractivity (Wildman–Crippen MR) is 118 cm³/mol. The Bertz CT molecular complexity index is 972. The van der Waals surface area contributed by atoms with E-state index >= 15 is 0 Å². The van der Waals surface area contributed by atoms with Crippen molar-refractivity contribution in [1.29, 1.82) is 0 Å². The highest BCUT2D eigenvalue weighted by molar-refractivity contribution is 6.63. The number of methoxy groups -OCH3 is 1. The maximum absolute atomic E-state index is 11.6. The van der Waals surface area contributed by atoms with Crippen LogP contribution in [0.1, 0.15) is 44.6 Å². The molecule has 1 aromatic heterocycles. The first-order valence-corrected chi connectivity index (χ1v) is 10.7. The Morgan fingerprint density at radius 3 is 2.38 bits per heavy atom. The van der Waals surface area contributed by atoms with E-state index in [0.29, 0.717) is 25.4 Å². The maximum atomic E-state index is 11.6. The lowest BCUT2D eigenvalue weighted by Crippen LogP contribution is -2.44. The highest BCUT2D eigenvalue weighted by Gasteiger charge is 2.54. The van der Waals surface area contributed by atoms with Crippen molar-refractivity contribution >= 4 is 18.7 Å². The summed E-state index contributed by atoms with van der Waals surface area (Å²) in [7, 11) is 0.992. The Labute approximate surface area is 188 Å². The van der Waals surface area contributed by atoms with Crippen LogP contribution in [0.3, 0.4) is 0 Å². The van der Waals surface area contributed by atoms with Crippen molar-refractivity contribution in [2.45, 2.75) is 65.2 Å². The second-order valence-electron chi connectivity index (χ2n) is 9.16. The number of fused-ring (bicyclic) bond motifs is 1. The summed E-state index contributed by atoms with van der Waals surface area (Å²) < 4.78 is 25.6. The third kappa shape index (κ3) is 4.22. The van der Waals surface area contributed by atoms with Gasteiger partial charge in [-0.2, -0.15) is 5.10 Å². The minimum atomic E-state index is -0.949. The van der Waals surface area contributed by atoms with Crippen LogP contribution in [0.2, 0.25) is 0 Å². The topological polar surface area (TPSA) is 95.3 Å². The monoisotopic (exact) mass is 443 g/mol. The first-order chi connectivity index (χ1) is 15.1. The second kappa shape index (κ2) is 8.42. The highest BCUT2D eigenvalue weighted by atomic mass is 16.7.